The number of methoxy groups -OCH3 is 1. The lowest BCUT2D eigenvalue weighted by Crippen LogP contribution is -2.45. The van der Waals surface area contributed by atoms with Crippen LogP contribution in [0.3, 0.4) is 0 Å². The summed E-state index contributed by atoms with van der Waals surface area (Å²) in [5.74, 6) is 0.0680. The number of ether oxygens (including phenoxy) is 1. The van der Waals surface area contributed by atoms with E-state index in [1.165, 1.54) is 7.11 Å². The number of carbonyl (C=O) groups excluding carboxylic acids is 1. The molecule has 1 atom stereocenters. The zero-order valence-corrected chi connectivity index (χ0v) is 16.4. The smallest absolute Gasteiger partial charge is 0.248 e. The standard InChI is InChI=1S/C19H24N2O4S/c1-13-7-6-8-16(11-13)21(26(5,23)24)15(3)19(22)20-17-12-14(2)9-10-18(17)25-4/h6-12,15H,1-5H3,(H,20,22)/t15-/m0/s1. The van der Waals surface area contributed by atoms with Gasteiger partial charge in [-0.3, -0.25) is 9.10 Å². The summed E-state index contributed by atoms with van der Waals surface area (Å²) in [5.41, 5.74) is 2.81. The quantitative estimate of drug-likeness (QED) is 0.840. The number of rotatable bonds is 6. The number of nitrogens with one attached hydrogen (secondary N) is 1. The van der Waals surface area contributed by atoms with E-state index in [0.717, 1.165) is 21.7 Å². The van der Waals surface area contributed by atoms with Gasteiger partial charge in [0.2, 0.25) is 15.9 Å². The first-order chi connectivity index (χ1) is 12.1. The van der Waals surface area contributed by atoms with Crippen LogP contribution in [-0.4, -0.2) is 33.7 Å². The van der Waals surface area contributed by atoms with E-state index in [1.54, 1.807) is 37.3 Å². The van der Waals surface area contributed by atoms with Crippen LogP contribution in [0.5, 0.6) is 5.75 Å². The van der Waals surface area contributed by atoms with Crippen molar-refractivity contribution in [3.63, 3.8) is 0 Å². The van der Waals surface area contributed by atoms with E-state index in [4.69, 9.17) is 4.74 Å². The minimum atomic E-state index is -3.65. The fraction of sp³-hybridized carbons (Fsp3) is 0.316. The molecule has 0 unspecified atom stereocenters. The normalized spacial score (nSPS) is 12.3. The van der Waals surface area contributed by atoms with E-state index in [0.29, 0.717) is 17.1 Å². The van der Waals surface area contributed by atoms with Gasteiger partial charge in [0.05, 0.1) is 24.7 Å². The van der Waals surface area contributed by atoms with E-state index in [-0.39, 0.29) is 0 Å². The average Bonchev–Trinajstić information content (AvgIpc) is 2.54. The van der Waals surface area contributed by atoms with Gasteiger partial charge in [-0.15, -0.1) is 0 Å². The molecule has 1 amide bonds. The molecule has 0 spiro atoms. The van der Waals surface area contributed by atoms with Crippen molar-refractivity contribution in [2.75, 3.05) is 23.0 Å². The lowest BCUT2D eigenvalue weighted by Gasteiger charge is -2.28. The molecule has 0 aliphatic rings. The fourth-order valence-electron chi connectivity index (χ4n) is 2.73. The topological polar surface area (TPSA) is 75.7 Å². The van der Waals surface area contributed by atoms with Gasteiger partial charge < -0.3 is 10.1 Å². The lowest BCUT2D eigenvalue weighted by molar-refractivity contribution is -0.116. The number of benzene rings is 2. The summed E-state index contributed by atoms with van der Waals surface area (Å²) in [6.07, 6.45) is 1.09. The Balaban J connectivity index is 2.36. The molecule has 0 radical (unpaired) electrons. The van der Waals surface area contributed by atoms with Crippen LogP contribution < -0.4 is 14.4 Å². The van der Waals surface area contributed by atoms with Crippen LogP contribution in [0, 0.1) is 13.8 Å². The second-order valence-electron chi connectivity index (χ2n) is 6.27. The molecule has 0 aliphatic heterocycles. The van der Waals surface area contributed by atoms with E-state index < -0.39 is 22.0 Å². The number of aryl methyl sites for hydroxylation is 2. The summed E-state index contributed by atoms with van der Waals surface area (Å²) in [7, 11) is -2.14. The highest BCUT2D eigenvalue weighted by atomic mass is 32.2. The molecule has 0 bridgehead atoms. The number of hydrogen-bond acceptors (Lipinski definition) is 4. The molecule has 0 saturated heterocycles. The first-order valence-corrected chi connectivity index (χ1v) is 10.00. The molecular formula is C19H24N2O4S. The predicted molar refractivity (Wildman–Crippen MR) is 104 cm³/mol. The molecule has 0 saturated carbocycles. The maximum atomic E-state index is 12.8. The Labute approximate surface area is 154 Å². The Morgan fingerprint density at radius 3 is 2.35 bits per heavy atom. The SMILES string of the molecule is COc1ccc(C)cc1NC(=O)[C@H](C)N(c1cccc(C)c1)S(C)(=O)=O. The van der Waals surface area contributed by atoms with Crippen LogP contribution in [0.4, 0.5) is 11.4 Å². The number of nitrogens with zero attached hydrogens (tertiary/aromatic N) is 1. The number of carbonyl (C=O) groups is 1. The van der Waals surface area contributed by atoms with Gasteiger partial charge in [-0.05, 0) is 56.2 Å². The maximum Gasteiger partial charge on any atom is 0.248 e. The van der Waals surface area contributed by atoms with Crippen molar-refractivity contribution in [3.05, 3.63) is 53.6 Å². The highest BCUT2D eigenvalue weighted by Gasteiger charge is 2.29. The Bertz CT molecular complexity index is 910. The van der Waals surface area contributed by atoms with E-state index in [2.05, 4.69) is 5.32 Å². The van der Waals surface area contributed by atoms with Crippen LogP contribution >= 0.6 is 0 Å². The van der Waals surface area contributed by atoms with Gasteiger partial charge in [0, 0.05) is 0 Å². The van der Waals surface area contributed by atoms with Crippen molar-refractivity contribution >= 4 is 27.3 Å². The van der Waals surface area contributed by atoms with Crippen LogP contribution in [-0.2, 0) is 14.8 Å². The van der Waals surface area contributed by atoms with E-state index in [9.17, 15) is 13.2 Å². The van der Waals surface area contributed by atoms with Crippen molar-refractivity contribution in [3.8, 4) is 5.75 Å². The summed E-state index contributed by atoms with van der Waals surface area (Å²) >= 11 is 0. The van der Waals surface area contributed by atoms with Crippen LogP contribution in [0.1, 0.15) is 18.1 Å². The molecule has 2 aromatic carbocycles. The fourth-order valence-corrected chi connectivity index (χ4v) is 3.90. The third-order valence-corrected chi connectivity index (χ3v) is 5.20. The number of anilines is 2. The summed E-state index contributed by atoms with van der Waals surface area (Å²) in [6, 6.07) is 11.5. The highest BCUT2D eigenvalue weighted by Crippen LogP contribution is 2.27. The molecule has 0 aromatic heterocycles. The minimum absolute atomic E-state index is 0.444. The number of hydrogen-bond donors (Lipinski definition) is 1. The molecule has 140 valence electrons. The van der Waals surface area contributed by atoms with Crippen LogP contribution in [0.2, 0.25) is 0 Å². The van der Waals surface area contributed by atoms with Crippen molar-refractivity contribution in [2.24, 2.45) is 0 Å². The summed E-state index contributed by atoms with van der Waals surface area (Å²) < 4.78 is 31.1. The van der Waals surface area contributed by atoms with Gasteiger partial charge in [-0.1, -0.05) is 18.2 Å². The third kappa shape index (κ3) is 4.54. The number of amides is 1. The summed E-state index contributed by atoms with van der Waals surface area (Å²) in [4.78, 5) is 12.8. The van der Waals surface area contributed by atoms with Crippen molar-refractivity contribution < 1.29 is 17.9 Å². The largest absolute Gasteiger partial charge is 0.495 e. The Hall–Kier alpha value is -2.54. The predicted octanol–water partition coefficient (Wildman–Crippen LogP) is 3.11. The second-order valence-corrected chi connectivity index (χ2v) is 8.13. The summed E-state index contributed by atoms with van der Waals surface area (Å²) in [6.45, 7) is 5.32. The zero-order chi connectivity index (χ0) is 19.5. The van der Waals surface area contributed by atoms with Gasteiger partial charge in [0.25, 0.3) is 0 Å². The average molecular weight is 376 g/mol. The molecule has 7 heteroatoms. The van der Waals surface area contributed by atoms with E-state index >= 15 is 0 Å². The van der Waals surface area contributed by atoms with Crippen molar-refractivity contribution in [1.29, 1.82) is 0 Å². The zero-order valence-electron chi connectivity index (χ0n) is 15.6. The molecule has 0 fully saturated rings. The number of sulfonamides is 1. The van der Waals surface area contributed by atoms with Gasteiger partial charge in [-0.25, -0.2) is 8.42 Å². The van der Waals surface area contributed by atoms with E-state index in [1.807, 2.05) is 26.0 Å². The molecule has 6 nitrogen and oxygen atoms in total. The molecule has 0 heterocycles. The lowest BCUT2D eigenvalue weighted by atomic mass is 10.2. The van der Waals surface area contributed by atoms with Gasteiger partial charge in [-0.2, -0.15) is 0 Å². The monoisotopic (exact) mass is 376 g/mol. The molecule has 2 aromatic rings. The van der Waals surface area contributed by atoms with Gasteiger partial charge in [0.15, 0.2) is 0 Å². The second kappa shape index (κ2) is 7.78. The minimum Gasteiger partial charge on any atom is -0.495 e. The third-order valence-electron chi connectivity index (χ3n) is 3.96. The molecule has 2 rings (SSSR count). The Morgan fingerprint density at radius 1 is 1.12 bits per heavy atom. The highest BCUT2D eigenvalue weighted by molar-refractivity contribution is 7.92. The Kier molecular flexibility index (Phi) is 5.92. The van der Waals surface area contributed by atoms with Crippen molar-refractivity contribution in [1.82, 2.24) is 0 Å². The van der Waals surface area contributed by atoms with Crippen LogP contribution in [0.15, 0.2) is 42.5 Å². The molecule has 26 heavy (non-hydrogen) atoms. The first-order valence-electron chi connectivity index (χ1n) is 8.15. The van der Waals surface area contributed by atoms with Crippen LogP contribution in [0.25, 0.3) is 0 Å². The maximum absolute atomic E-state index is 12.8. The molecule has 0 aliphatic carbocycles. The van der Waals surface area contributed by atoms with Crippen molar-refractivity contribution in [2.45, 2.75) is 26.8 Å². The molecule has 1 N–H and O–H groups in total. The van der Waals surface area contributed by atoms with Gasteiger partial charge >= 0.3 is 0 Å². The first kappa shape index (κ1) is 19.8. The molecular weight excluding hydrogens is 352 g/mol. The Morgan fingerprint density at radius 2 is 1.77 bits per heavy atom. The van der Waals surface area contributed by atoms with Gasteiger partial charge in [0.1, 0.15) is 11.8 Å². The summed E-state index contributed by atoms with van der Waals surface area (Å²) in [5, 5.41) is 2.77.